The molecule has 1 rings (SSSR count). The Hall–Kier alpha value is -0.970. The van der Waals surface area contributed by atoms with E-state index in [9.17, 15) is 4.79 Å². The van der Waals surface area contributed by atoms with Crippen LogP contribution in [0.3, 0.4) is 0 Å². The molecule has 0 bridgehead atoms. The van der Waals surface area contributed by atoms with Crippen molar-refractivity contribution in [3.05, 3.63) is 28.2 Å². The molecule has 94 valence electrons. The van der Waals surface area contributed by atoms with Gasteiger partial charge < -0.3 is 9.64 Å². The lowest BCUT2D eigenvalue weighted by atomic mass is 10.3. The number of nitrogens with one attached hydrogen (secondary N) is 1. The fourth-order valence-corrected chi connectivity index (χ4v) is 1.57. The molecule has 0 aliphatic carbocycles. The van der Waals surface area contributed by atoms with Gasteiger partial charge in [-0.15, -0.1) is 0 Å². The van der Waals surface area contributed by atoms with Crippen molar-refractivity contribution in [3.8, 4) is 0 Å². The van der Waals surface area contributed by atoms with E-state index in [1.807, 2.05) is 19.0 Å². The molecule has 0 spiro atoms. The van der Waals surface area contributed by atoms with E-state index in [-0.39, 0.29) is 0 Å². The highest BCUT2D eigenvalue weighted by Crippen LogP contribution is 2.29. The third-order valence-electron chi connectivity index (χ3n) is 1.96. The minimum Gasteiger partial charge on any atom is -0.448 e. The fraction of sp³-hybridized carbons (Fsp3) is 0.364. The molecule has 0 aliphatic heterocycles. The minimum atomic E-state index is -0.568. The number of halogens is 2. The maximum Gasteiger partial charge on any atom is 0.411 e. The van der Waals surface area contributed by atoms with E-state index in [0.717, 1.165) is 0 Å². The minimum absolute atomic E-state index is 0.306. The summed E-state index contributed by atoms with van der Waals surface area (Å²) < 4.78 is 4.96. The zero-order chi connectivity index (χ0) is 12.8. The van der Waals surface area contributed by atoms with Crippen molar-refractivity contribution in [1.82, 2.24) is 4.90 Å². The molecule has 0 aromatic heterocycles. The normalized spacial score (nSPS) is 10.4. The number of rotatable bonds is 4. The molecule has 1 N–H and O–H groups in total. The largest absolute Gasteiger partial charge is 0.448 e. The molecular formula is C11H14Cl2N2O2. The summed E-state index contributed by atoms with van der Waals surface area (Å²) in [5.41, 5.74) is 0.366. The summed E-state index contributed by atoms with van der Waals surface area (Å²) in [6.45, 7) is 0.963. The first-order valence-electron chi connectivity index (χ1n) is 5.03. The van der Waals surface area contributed by atoms with Gasteiger partial charge >= 0.3 is 6.09 Å². The van der Waals surface area contributed by atoms with Crippen molar-refractivity contribution < 1.29 is 9.53 Å². The van der Waals surface area contributed by atoms with E-state index in [0.29, 0.717) is 28.9 Å². The zero-order valence-electron chi connectivity index (χ0n) is 9.67. The molecule has 17 heavy (non-hydrogen) atoms. The maximum absolute atomic E-state index is 11.4. The molecule has 0 saturated heterocycles. The van der Waals surface area contributed by atoms with Crippen LogP contribution in [0.1, 0.15) is 0 Å². The van der Waals surface area contributed by atoms with Crippen LogP contribution in [0.5, 0.6) is 0 Å². The predicted molar refractivity (Wildman–Crippen MR) is 70.0 cm³/mol. The monoisotopic (exact) mass is 276 g/mol. The van der Waals surface area contributed by atoms with Gasteiger partial charge in [0, 0.05) is 6.54 Å². The lowest BCUT2D eigenvalue weighted by molar-refractivity contribution is 0.151. The second-order valence-corrected chi connectivity index (χ2v) is 4.48. The van der Waals surface area contributed by atoms with Crippen LogP contribution in [0.25, 0.3) is 0 Å². The first-order valence-corrected chi connectivity index (χ1v) is 5.79. The second-order valence-electron chi connectivity index (χ2n) is 3.66. The molecule has 0 saturated carbocycles. The maximum atomic E-state index is 11.4. The molecule has 0 unspecified atom stereocenters. The lowest BCUT2D eigenvalue weighted by Crippen LogP contribution is -2.22. The number of carbonyl (C=O) groups excluding carboxylic acids is 1. The van der Waals surface area contributed by atoms with Crippen LogP contribution in [-0.2, 0) is 4.74 Å². The summed E-state index contributed by atoms with van der Waals surface area (Å²) >= 11 is 11.8. The van der Waals surface area contributed by atoms with Gasteiger partial charge in [0.25, 0.3) is 0 Å². The molecule has 1 aromatic rings. The molecule has 4 nitrogen and oxygen atoms in total. The van der Waals surface area contributed by atoms with Gasteiger partial charge in [-0.3, -0.25) is 5.32 Å². The fourth-order valence-electron chi connectivity index (χ4n) is 1.08. The number of ether oxygens (including phenoxy) is 1. The average molecular weight is 277 g/mol. The van der Waals surface area contributed by atoms with E-state index < -0.39 is 6.09 Å². The third kappa shape index (κ3) is 4.81. The molecule has 0 radical (unpaired) electrons. The number of amides is 1. The Kier molecular flexibility index (Phi) is 5.55. The molecule has 1 amide bonds. The SMILES string of the molecule is CN(C)CCOC(=O)Nc1c(Cl)cccc1Cl. The summed E-state index contributed by atoms with van der Waals surface area (Å²) in [6.07, 6.45) is -0.568. The van der Waals surface area contributed by atoms with Crippen LogP contribution in [0.4, 0.5) is 10.5 Å². The van der Waals surface area contributed by atoms with Gasteiger partial charge in [-0.05, 0) is 26.2 Å². The Morgan fingerprint density at radius 2 is 1.94 bits per heavy atom. The number of hydrogen-bond acceptors (Lipinski definition) is 3. The van der Waals surface area contributed by atoms with Gasteiger partial charge in [0.15, 0.2) is 0 Å². The van der Waals surface area contributed by atoms with Crippen LogP contribution in [0.2, 0.25) is 10.0 Å². The summed E-state index contributed by atoms with van der Waals surface area (Å²) in [5, 5.41) is 3.26. The summed E-state index contributed by atoms with van der Waals surface area (Å²) in [7, 11) is 3.79. The molecular weight excluding hydrogens is 263 g/mol. The van der Waals surface area contributed by atoms with Crippen LogP contribution < -0.4 is 5.32 Å². The Morgan fingerprint density at radius 3 is 2.47 bits per heavy atom. The standard InChI is InChI=1S/C11H14Cl2N2O2/c1-15(2)6-7-17-11(16)14-10-8(12)4-3-5-9(10)13/h3-5H,6-7H2,1-2H3,(H,14,16). The van der Waals surface area contributed by atoms with Crippen molar-refractivity contribution >= 4 is 35.0 Å². The third-order valence-corrected chi connectivity index (χ3v) is 2.59. The molecule has 0 fully saturated rings. The zero-order valence-corrected chi connectivity index (χ0v) is 11.2. The predicted octanol–water partition coefficient (Wildman–Crippen LogP) is 3.10. The average Bonchev–Trinajstić information content (AvgIpc) is 2.23. The molecule has 0 atom stereocenters. The van der Waals surface area contributed by atoms with E-state index in [1.54, 1.807) is 18.2 Å². The van der Waals surface area contributed by atoms with E-state index in [4.69, 9.17) is 27.9 Å². The summed E-state index contributed by atoms with van der Waals surface area (Å²) in [5.74, 6) is 0. The number of carbonyl (C=O) groups is 1. The Bertz CT molecular complexity index is 377. The number of nitrogens with zero attached hydrogens (tertiary/aromatic N) is 1. The Labute approximate surface area is 110 Å². The highest BCUT2D eigenvalue weighted by molar-refractivity contribution is 6.39. The topological polar surface area (TPSA) is 41.6 Å². The van der Waals surface area contributed by atoms with Crippen LogP contribution in [0, 0.1) is 0 Å². The first kappa shape index (κ1) is 14.1. The van der Waals surface area contributed by atoms with Crippen LogP contribution in [0.15, 0.2) is 18.2 Å². The van der Waals surface area contributed by atoms with Crippen molar-refractivity contribution in [2.75, 3.05) is 32.6 Å². The van der Waals surface area contributed by atoms with Crippen molar-refractivity contribution in [2.45, 2.75) is 0 Å². The lowest BCUT2D eigenvalue weighted by Gasteiger charge is -2.12. The Balaban J connectivity index is 2.51. The van der Waals surface area contributed by atoms with Crippen LogP contribution >= 0.6 is 23.2 Å². The number of para-hydroxylation sites is 1. The number of anilines is 1. The van der Waals surface area contributed by atoms with Crippen molar-refractivity contribution in [2.24, 2.45) is 0 Å². The van der Waals surface area contributed by atoms with E-state index in [1.165, 1.54) is 0 Å². The smallest absolute Gasteiger partial charge is 0.411 e. The summed E-state index contributed by atoms with van der Waals surface area (Å²) in [4.78, 5) is 13.3. The first-order chi connectivity index (χ1) is 8.00. The van der Waals surface area contributed by atoms with E-state index >= 15 is 0 Å². The van der Waals surface area contributed by atoms with Gasteiger partial charge in [0.1, 0.15) is 6.61 Å². The number of hydrogen-bond donors (Lipinski definition) is 1. The van der Waals surface area contributed by atoms with Gasteiger partial charge in [0.2, 0.25) is 0 Å². The van der Waals surface area contributed by atoms with E-state index in [2.05, 4.69) is 5.32 Å². The van der Waals surface area contributed by atoms with Crippen molar-refractivity contribution in [3.63, 3.8) is 0 Å². The molecule has 0 aliphatic rings. The highest BCUT2D eigenvalue weighted by Gasteiger charge is 2.10. The highest BCUT2D eigenvalue weighted by atomic mass is 35.5. The number of benzene rings is 1. The van der Waals surface area contributed by atoms with Crippen molar-refractivity contribution in [1.29, 1.82) is 0 Å². The van der Waals surface area contributed by atoms with Gasteiger partial charge in [-0.2, -0.15) is 0 Å². The van der Waals surface area contributed by atoms with Gasteiger partial charge in [-0.25, -0.2) is 4.79 Å². The molecule has 6 heteroatoms. The molecule has 0 heterocycles. The molecule has 1 aromatic carbocycles. The second kappa shape index (κ2) is 6.69. The van der Waals surface area contributed by atoms with Crippen LogP contribution in [-0.4, -0.2) is 38.2 Å². The quantitative estimate of drug-likeness (QED) is 0.919. The number of likely N-dealkylation sites (N-methyl/N-ethyl adjacent to an activating group) is 1. The Morgan fingerprint density at radius 1 is 1.35 bits per heavy atom. The van der Waals surface area contributed by atoms with Gasteiger partial charge in [0.05, 0.1) is 15.7 Å². The summed E-state index contributed by atoms with van der Waals surface area (Å²) in [6, 6.07) is 4.99. The van der Waals surface area contributed by atoms with Gasteiger partial charge in [-0.1, -0.05) is 29.3 Å².